The van der Waals surface area contributed by atoms with Crippen LogP contribution in [0.2, 0.25) is 16.6 Å². The first-order valence-corrected chi connectivity index (χ1v) is 20.1. The Morgan fingerprint density at radius 2 is 0.844 bits per heavy atom. The van der Waals surface area contributed by atoms with Gasteiger partial charge in [-0.15, -0.1) is 12.8 Å². The van der Waals surface area contributed by atoms with Gasteiger partial charge in [-0.1, -0.05) is 192 Å². The van der Waals surface area contributed by atoms with Crippen molar-refractivity contribution in [3.05, 3.63) is 121 Å². The lowest BCUT2D eigenvalue weighted by Crippen LogP contribution is -2.67. The van der Waals surface area contributed by atoms with Gasteiger partial charge in [0, 0.05) is 0 Å². The van der Waals surface area contributed by atoms with Crippen LogP contribution in [0.5, 0.6) is 0 Å². The largest absolute Gasteiger partial charge is 0.394 e. The molecule has 0 heterocycles. The Morgan fingerprint density at radius 3 is 1.07 bits per heavy atom. The van der Waals surface area contributed by atoms with Gasteiger partial charge in [-0.3, -0.25) is 0 Å². The zero-order chi connectivity index (χ0) is 33.7. The summed E-state index contributed by atoms with van der Waals surface area (Å²) in [6.07, 6.45) is 9.49. The topological polar surface area (TPSA) is 29.5 Å². The maximum Gasteiger partial charge on any atom is 0.262 e. The summed E-state index contributed by atoms with van der Waals surface area (Å²) in [4.78, 5) is 0. The third-order valence-electron chi connectivity index (χ3n) is 8.45. The van der Waals surface area contributed by atoms with E-state index in [9.17, 15) is 0 Å². The van der Waals surface area contributed by atoms with Crippen LogP contribution in [0.25, 0.3) is 0 Å². The number of aliphatic hydroxyl groups excluding tert-OH is 1. The number of aliphatic hydroxyl groups is 1. The molecule has 0 unspecified atom stereocenters. The SMILES string of the molecule is C#C[C@@H](C)O.C#C[C@@H](C)O[Si](c1ccccc1)(c1ccccc1)C(C)(C)C.CC(C)(C)[Si](C)(c1ccccc1)c1ccccc1. The average molecular weight is 633 g/mol. The lowest BCUT2D eigenvalue weighted by molar-refractivity contribution is 0.253. The van der Waals surface area contributed by atoms with Gasteiger partial charge in [0.1, 0.15) is 20.3 Å². The molecule has 2 atom stereocenters. The molecular formula is C41H52O2Si2. The smallest absolute Gasteiger partial charge is 0.262 e. The maximum absolute atomic E-state index is 8.12. The predicted molar refractivity (Wildman–Crippen MR) is 201 cm³/mol. The van der Waals surface area contributed by atoms with E-state index in [1.165, 1.54) is 20.7 Å². The van der Waals surface area contributed by atoms with Crippen LogP contribution in [-0.4, -0.2) is 33.7 Å². The lowest BCUT2D eigenvalue weighted by atomic mass is 10.2. The quantitative estimate of drug-likeness (QED) is 0.179. The van der Waals surface area contributed by atoms with E-state index in [4.69, 9.17) is 16.0 Å². The van der Waals surface area contributed by atoms with Crippen molar-refractivity contribution in [2.75, 3.05) is 0 Å². The second-order valence-corrected chi connectivity index (χ2v) is 22.7. The molecule has 1 N–H and O–H groups in total. The predicted octanol–water partition coefficient (Wildman–Crippen LogP) is 7.26. The molecule has 0 aromatic heterocycles. The minimum absolute atomic E-state index is 0.0270. The number of hydrogen-bond donors (Lipinski definition) is 1. The first kappa shape index (κ1) is 37.5. The Morgan fingerprint density at radius 1 is 0.556 bits per heavy atom. The zero-order valence-corrected chi connectivity index (χ0v) is 30.7. The van der Waals surface area contributed by atoms with Crippen molar-refractivity contribution in [2.24, 2.45) is 0 Å². The van der Waals surface area contributed by atoms with Crippen molar-refractivity contribution in [1.29, 1.82) is 0 Å². The molecule has 2 nitrogen and oxygen atoms in total. The molecular weight excluding hydrogens is 581 g/mol. The van der Waals surface area contributed by atoms with E-state index in [0.29, 0.717) is 5.04 Å². The molecule has 4 heteroatoms. The Hall–Kier alpha value is -3.65. The standard InChI is InChI=1S/C20H24OSi.C17H22Si.C4H6O/c1-6-17(2)21-22(20(3,4)5,18-13-9-7-10-14-18)19-15-11-8-12-16-19;1-17(2,3)18(4,15-11-7-5-8-12-15)16-13-9-6-10-14-16;1-3-4(2)5/h1,7-17H,2-5H3;5-14H,1-4H3;1,4-5H,2H3/t17-;;4-/m1.1/s1. The fourth-order valence-electron chi connectivity index (χ4n) is 5.57. The fourth-order valence-corrected chi connectivity index (χ4v) is 14.0. The lowest BCUT2D eigenvalue weighted by Gasteiger charge is -2.43. The van der Waals surface area contributed by atoms with Crippen LogP contribution in [-0.2, 0) is 4.43 Å². The van der Waals surface area contributed by atoms with E-state index in [0.717, 1.165) is 0 Å². The minimum Gasteiger partial charge on any atom is -0.394 e. The summed E-state index contributed by atoms with van der Waals surface area (Å²) in [5, 5.41) is 14.0. The van der Waals surface area contributed by atoms with Gasteiger partial charge in [-0.2, -0.15) is 0 Å². The van der Waals surface area contributed by atoms with Gasteiger partial charge in [0.25, 0.3) is 8.32 Å². The molecule has 4 rings (SSSR count). The third kappa shape index (κ3) is 9.43. The van der Waals surface area contributed by atoms with Gasteiger partial charge in [0.2, 0.25) is 0 Å². The highest BCUT2D eigenvalue weighted by Crippen LogP contribution is 2.37. The molecule has 4 aromatic carbocycles. The van der Waals surface area contributed by atoms with Gasteiger partial charge in [-0.25, -0.2) is 0 Å². The average Bonchev–Trinajstić information content (AvgIpc) is 3.04. The Labute approximate surface area is 276 Å². The summed E-state index contributed by atoms with van der Waals surface area (Å²) in [5.74, 6) is 4.83. The first-order valence-electron chi connectivity index (χ1n) is 15.7. The summed E-state index contributed by atoms with van der Waals surface area (Å²) < 4.78 is 6.63. The van der Waals surface area contributed by atoms with E-state index in [1.807, 2.05) is 19.1 Å². The molecule has 0 amide bonds. The van der Waals surface area contributed by atoms with Gasteiger partial charge in [-0.05, 0) is 34.3 Å². The molecule has 0 saturated heterocycles. The van der Waals surface area contributed by atoms with Crippen molar-refractivity contribution in [1.82, 2.24) is 0 Å². The Balaban J connectivity index is 0.000000277. The van der Waals surface area contributed by atoms with E-state index in [1.54, 1.807) is 6.92 Å². The Kier molecular flexibility index (Phi) is 13.9. The van der Waals surface area contributed by atoms with Crippen molar-refractivity contribution in [2.45, 2.75) is 84.2 Å². The molecule has 0 aliphatic rings. The number of benzene rings is 4. The van der Waals surface area contributed by atoms with Crippen molar-refractivity contribution >= 4 is 37.1 Å². The second-order valence-electron chi connectivity index (χ2n) is 13.5. The van der Waals surface area contributed by atoms with Gasteiger partial charge >= 0.3 is 0 Å². The summed E-state index contributed by atoms with van der Waals surface area (Å²) in [6.45, 7) is 19.9. The molecule has 0 saturated carbocycles. The summed E-state index contributed by atoms with van der Waals surface area (Å²) >= 11 is 0. The van der Waals surface area contributed by atoms with Gasteiger partial charge in [0.15, 0.2) is 0 Å². The summed E-state index contributed by atoms with van der Waals surface area (Å²) in [6, 6.07) is 43.1. The molecule has 4 aromatic rings. The van der Waals surface area contributed by atoms with Crippen LogP contribution in [0.4, 0.5) is 0 Å². The normalized spacial score (nSPS) is 13.0. The molecule has 0 fully saturated rings. The second kappa shape index (κ2) is 16.6. The zero-order valence-electron chi connectivity index (χ0n) is 28.7. The number of terminal acetylenes is 2. The van der Waals surface area contributed by atoms with Crippen molar-refractivity contribution < 1.29 is 9.53 Å². The number of hydrogen-bond acceptors (Lipinski definition) is 2. The summed E-state index contributed by atoms with van der Waals surface area (Å²) in [7, 11) is -4.18. The molecule has 45 heavy (non-hydrogen) atoms. The van der Waals surface area contributed by atoms with E-state index in [2.05, 4.69) is 176 Å². The number of rotatable bonds is 6. The third-order valence-corrected chi connectivity index (χ3v) is 19.5. The molecule has 0 aliphatic carbocycles. The van der Waals surface area contributed by atoms with Crippen LogP contribution in [0.1, 0.15) is 55.4 Å². The molecule has 0 bridgehead atoms. The molecule has 236 valence electrons. The highest BCUT2D eigenvalue weighted by atomic mass is 28.4. The highest BCUT2D eigenvalue weighted by molar-refractivity contribution is 7.03. The highest BCUT2D eigenvalue weighted by Gasteiger charge is 2.51. The van der Waals surface area contributed by atoms with Gasteiger partial charge in [0.05, 0.1) is 0 Å². The van der Waals surface area contributed by atoms with Crippen LogP contribution < -0.4 is 20.7 Å². The van der Waals surface area contributed by atoms with Gasteiger partial charge < -0.3 is 9.53 Å². The maximum atomic E-state index is 8.12. The van der Waals surface area contributed by atoms with E-state index in [-0.39, 0.29) is 11.1 Å². The molecule has 0 radical (unpaired) electrons. The fraction of sp³-hybridized carbons (Fsp3) is 0.317. The van der Waals surface area contributed by atoms with E-state index >= 15 is 0 Å². The van der Waals surface area contributed by atoms with Crippen LogP contribution in [0.15, 0.2) is 121 Å². The monoisotopic (exact) mass is 632 g/mol. The molecule has 0 spiro atoms. The van der Waals surface area contributed by atoms with Crippen LogP contribution >= 0.6 is 0 Å². The molecule has 0 aliphatic heterocycles. The Bertz CT molecular complexity index is 1410. The van der Waals surface area contributed by atoms with Crippen molar-refractivity contribution in [3.8, 4) is 24.7 Å². The van der Waals surface area contributed by atoms with Crippen LogP contribution in [0, 0.1) is 24.7 Å². The minimum atomic E-state index is -2.48. The van der Waals surface area contributed by atoms with Crippen LogP contribution in [0.3, 0.4) is 0 Å². The summed E-state index contributed by atoms with van der Waals surface area (Å²) in [5.41, 5.74) is 0. The first-order chi connectivity index (χ1) is 21.1. The van der Waals surface area contributed by atoms with Crippen molar-refractivity contribution in [3.63, 3.8) is 0 Å². The van der Waals surface area contributed by atoms with E-state index < -0.39 is 22.5 Å².